The van der Waals surface area contributed by atoms with Gasteiger partial charge in [-0.3, -0.25) is 4.18 Å². The van der Waals surface area contributed by atoms with E-state index in [0.29, 0.717) is 11.5 Å². The smallest absolute Gasteiger partial charge is 0.331 e. The minimum atomic E-state index is -1.00. The molecule has 0 aliphatic heterocycles. The van der Waals surface area contributed by atoms with Gasteiger partial charge < -0.3 is 14.4 Å². The summed E-state index contributed by atoms with van der Waals surface area (Å²) in [6, 6.07) is 14.9. The van der Waals surface area contributed by atoms with Crippen LogP contribution in [0.2, 0.25) is 0 Å². The number of carboxylic acid groups (broad SMARTS) is 1. The molecule has 0 spiro atoms. The van der Waals surface area contributed by atoms with E-state index in [1.54, 1.807) is 24.3 Å². The molecule has 3 aromatic rings. The normalized spacial score (nSPS) is 10.7. The Labute approximate surface area is 154 Å². The zero-order valence-electron chi connectivity index (χ0n) is 14.3. The fourth-order valence-electron chi connectivity index (χ4n) is 2.46. The van der Waals surface area contributed by atoms with Crippen molar-refractivity contribution in [3.8, 4) is 22.6 Å². The fourth-order valence-corrected chi connectivity index (χ4v) is 3.00. The number of hydrogen-bond donors (Lipinski definition) is 1. The third-order valence-corrected chi connectivity index (χ3v) is 4.25. The Morgan fingerprint density at radius 3 is 2.58 bits per heavy atom. The minimum Gasteiger partial charge on any atom is -0.479 e. The van der Waals surface area contributed by atoms with Crippen LogP contribution in [0, 0.1) is 13.8 Å². The van der Waals surface area contributed by atoms with Crippen LogP contribution in [0.5, 0.6) is 11.5 Å². The summed E-state index contributed by atoms with van der Waals surface area (Å²) in [4.78, 5) is 11.2. The van der Waals surface area contributed by atoms with Gasteiger partial charge in [0.15, 0.2) is 6.61 Å². The molecule has 0 radical (unpaired) electrons. The molecule has 0 unspecified atom stereocenters. The first-order valence-corrected chi connectivity index (χ1v) is 8.59. The molecule has 1 N–H and O–H groups in total. The molecule has 7 heteroatoms. The van der Waals surface area contributed by atoms with Crippen molar-refractivity contribution < 1.29 is 23.3 Å². The van der Waals surface area contributed by atoms with E-state index in [1.165, 1.54) is 0 Å². The van der Waals surface area contributed by atoms with Crippen LogP contribution in [0.25, 0.3) is 11.1 Å². The minimum absolute atomic E-state index is 0.350. The first-order valence-electron chi connectivity index (χ1n) is 7.85. The Hall–Kier alpha value is -2.77. The number of rotatable bonds is 7. The van der Waals surface area contributed by atoms with Gasteiger partial charge in [0.1, 0.15) is 17.3 Å². The van der Waals surface area contributed by atoms with E-state index in [1.807, 2.05) is 38.1 Å². The number of hydrogen-bond acceptors (Lipinski definition) is 6. The lowest BCUT2D eigenvalue weighted by molar-refractivity contribution is -0.138. The number of aromatic nitrogens is 1. The second-order valence-electron chi connectivity index (χ2n) is 5.54. The highest BCUT2D eigenvalue weighted by Gasteiger charge is 2.12. The Balaban J connectivity index is 1.69. The topological polar surface area (TPSA) is 81.8 Å². The average molecular weight is 371 g/mol. The maximum absolute atomic E-state index is 10.4. The molecular weight excluding hydrogens is 354 g/mol. The van der Waals surface area contributed by atoms with Crippen LogP contribution in [-0.4, -0.2) is 22.8 Å². The van der Waals surface area contributed by atoms with Crippen LogP contribution < -0.4 is 4.74 Å². The Morgan fingerprint density at radius 2 is 1.92 bits per heavy atom. The summed E-state index contributed by atoms with van der Waals surface area (Å²) in [6.45, 7) is 3.44. The highest BCUT2D eigenvalue weighted by atomic mass is 32.2. The monoisotopic (exact) mass is 371 g/mol. The molecule has 0 amide bonds. The largest absolute Gasteiger partial charge is 0.479 e. The van der Waals surface area contributed by atoms with Crippen molar-refractivity contribution >= 4 is 18.0 Å². The lowest BCUT2D eigenvalue weighted by Gasteiger charge is -2.08. The van der Waals surface area contributed by atoms with E-state index >= 15 is 0 Å². The second kappa shape index (κ2) is 8.07. The SMILES string of the molecule is Cc1noc(C)c1-c1cccc(Oc2ccc(SOCC(=O)O)cc2)c1. The predicted octanol–water partition coefficient (Wildman–Crippen LogP) is 4.86. The van der Waals surface area contributed by atoms with E-state index in [9.17, 15) is 4.79 Å². The molecule has 0 fully saturated rings. The van der Waals surface area contributed by atoms with Gasteiger partial charge in [0.2, 0.25) is 0 Å². The maximum atomic E-state index is 10.4. The highest BCUT2D eigenvalue weighted by Crippen LogP contribution is 2.31. The molecule has 0 saturated heterocycles. The molecule has 1 heterocycles. The van der Waals surface area contributed by atoms with Gasteiger partial charge in [0.05, 0.1) is 5.69 Å². The lowest BCUT2D eigenvalue weighted by Crippen LogP contribution is -2.02. The van der Waals surface area contributed by atoms with Gasteiger partial charge in [0, 0.05) is 22.5 Å². The third kappa shape index (κ3) is 4.44. The number of ether oxygens (including phenoxy) is 1. The van der Waals surface area contributed by atoms with Crippen molar-refractivity contribution in [1.82, 2.24) is 5.16 Å². The van der Waals surface area contributed by atoms with Crippen molar-refractivity contribution in [3.63, 3.8) is 0 Å². The number of benzene rings is 2. The van der Waals surface area contributed by atoms with Crippen molar-refractivity contribution in [2.75, 3.05) is 6.61 Å². The quantitative estimate of drug-likeness (QED) is 0.594. The summed E-state index contributed by atoms with van der Waals surface area (Å²) in [7, 11) is 0. The van der Waals surface area contributed by atoms with Gasteiger partial charge in [-0.15, -0.1) is 0 Å². The van der Waals surface area contributed by atoms with Crippen LogP contribution in [0.1, 0.15) is 11.5 Å². The summed E-state index contributed by atoms with van der Waals surface area (Å²) < 4.78 is 16.1. The first kappa shape index (κ1) is 18.0. The number of nitrogens with zero attached hydrogens (tertiary/aromatic N) is 1. The average Bonchev–Trinajstić information content (AvgIpc) is 2.95. The molecule has 26 heavy (non-hydrogen) atoms. The zero-order chi connectivity index (χ0) is 18.5. The first-order chi connectivity index (χ1) is 12.5. The second-order valence-corrected chi connectivity index (χ2v) is 6.41. The van der Waals surface area contributed by atoms with E-state index in [-0.39, 0.29) is 6.61 Å². The van der Waals surface area contributed by atoms with Gasteiger partial charge in [-0.25, -0.2) is 4.79 Å². The number of carbonyl (C=O) groups is 1. The molecular formula is C19H17NO5S. The zero-order valence-corrected chi connectivity index (χ0v) is 15.1. The van der Waals surface area contributed by atoms with Crippen LogP contribution in [-0.2, 0) is 8.98 Å². The lowest BCUT2D eigenvalue weighted by atomic mass is 10.0. The highest BCUT2D eigenvalue weighted by molar-refractivity contribution is 7.94. The fraction of sp³-hybridized carbons (Fsp3) is 0.158. The molecule has 3 rings (SSSR count). The van der Waals surface area contributed by atoms with E-state index in [2.05, 4.69) is 5.16 Å². The molecule has 6 nitrogen and oxygen atoms in total. The van der Waals surface area contributed by atoms with Crippen LogP contribution >= 0.6 is 12.0 Å². The Morgan fingerprint density at radius 1 is 1.15 bits per heavy atom. The molecule has 134 valence electrons. The van der Waals surface area contributed by atoms with E-state index < -0.39 is 5.97 Å². The Kier molecular flexibility index (Phi) is 5.60. The molecule has 2 aromatic carbocycles. The maximum Gasteiger partial charge on any atom is 0.331 e. The molecule has 1 aromatic heterocycles. The number of aliphatic carboxylic acids is 1. The Bertz CT molecular complexity index is 885. The number of aryl methyl sites for hydroxylation is 2. The van der Waals surface area contributed by atoms with Gasteiger partial charge in [-0.05, 0) is 55.8 Å². The summed E-state index contributed by atoms with van der Waals surface area (Å²) >= 11 is 1.01. The summed E-state index contributed by atoms with van der Waals surface area (Å²) in [5.74, 6) is 1.13. The summed E-state index contributed by atoms with van der Waals surface area (Å²) in [5, 5.41) is 12.5. The number of carboxylic acids is 1. The van der Waals surface area contributed by atoms with Gasteiger partial charge in [0.25, 0.3) is 0 Å². The third-order valence-electron chi connectivity index (χ3n) is 3.55. The van der Waals surface area contributed by atoms with E-state index in [0.717, 1.165) is 39.5 Å². The summed E-state index contributed by atoms with van der Waals surface area (Å²) in [5.41, 5.74) is 2.79. The molecule has 0 atom stereocenters. The van der Waals surface area contributed by atoms with Crippen LogP contribution in [0.3, 0.4) is 0 Å². The molecule has 0 aliphatic carbocycles. The predicted molar refractivity (Wildman–Crippen MR) is 97.4 cm³/mol. The van der Waals surface area contributed by atoms with Gasteiger partial charge >= 0.3 is 5.97 Å². The van der Waals surface area contributed by atoms with Gasteiger partial charge in [-0.1, -0.05) is 17.3 Å². The van der Waals surface area contributed by atoms with Crippen LogP contribution in [0.15, 0.2) is 57.9 Å². The van der Waals surface area contributed by atoms with Crippen molar-refractivity contribution in [3.05, 3.63) is 60.0 Å². The van der Waals surface area contributed by atoms with E-state index in [4.69, 9.17) is 18.5 Å². The summed E-state index contributed by atoms with van der Waals surface area (Å²) in [6.07, 6.45) is 0. The van der Waals surface area contributed by atoms with Crippen molar-refractivity contribution in [2.45, 2.75) is 18.7 Å². The van der Waals surface area contributed by atoms with Crippen molar-refractivity contribution in [2.24, 2.45) is 0 Å². The standard InChI is InChI=1S/C19H17NO5S/c1-12-19(13(2)25-20-12)14-4-3-5-16(10-14)24-15-6-8-17(9-7-15)26-23-11-18(21)22/h3-10H,11H2,1-2H3,(H,21,22). The van der Waals surface area contributed by atoms with Gasteiger partial charge in [-0.2, -0.15) is 0 Å². The van der Waals surface area contributed by atoms with Crippen LogP contribution in [0.4, 0.5) is 0 Å². The van der Waals surface area contributed by atoms with Crippen molar-refractivity contribution in [1.29, 1.82) is 0 Å². The molecule has 0 saturated carbocycles. The molecule has 0 aliphatic rings. The molecule has 0 bridgehead atoms.